The van der Waals surface area contributed by atoms with Crippen molar-refractivity contribution in [2.75, 3.05) is 14.7 Å². The van der Waals surface area contributed by atoms with Crippen molar-refractivity contribution >= 4 is 120 Å². The summed E-state index contributed by atoms with van der Waals surface area (Å²) < 4.78 is 2.49. The normalized spacial score (nSPS) is 13.4. The van der Waals surface area contributed by atoms with Crippen LogP contribution in [0.5, 0.6) is 0 Å². The van der Waals surface area contributed by atoms with E-state index in [9.17, 15) is 0 Å². The van der Waals surface area contributed by atoms with Crippen molar-refractivity contribution in [3.05, 3.63) is 237 Å². The molecule has 0 N–H and O–H groups in total. The van der Waals surface area contributed by atoms with E-state index in [0.717, 1.165) is 90.4 Å². The number of benzene rings is 8. The van der Waals surface area contributed by atoms with E-state index in [1.54, 1.807) is 0 Å². The number of aromatic nitrogens is 4. The van der Waals surface area contributed by atoms with Crippen LogP contribution in [0.25, 0.3) is 49.7 Å². The van der Waals surface area contributed by atoms with Crippen LogP contribution in [-0.2, 0) is 0 Å². The molecule has 8 aromatic carbocycles. The molecule has 0 saturated heterocycles. The van der Waals surface area contributed by atoms with Crippen LogP contribution < -0.4 is 47.5 Å². The van der Waals surface area contributed by atoms with Crippen molar-refractivity contribution in [1.82, 2.24) is 19.5 Å². The molecule has 0 fully saturated rings. The van der Waals surface area contributed by atoms with Gasteiger partial charge in [0.15, 0.2) is 0 Å². The molecule has 9 heteroatoms. The van der Waals surface area contributed by atoms with E-state index < -0.39 is 0 Å². The highest BCUT2D eigenvalue weighted by atomic mass is 15.3. The molecule has 4 aromatic heterocycles. The first-order valence-electron chi connectivity index (χ1n) is 24.7. The van der Waals surface area contributed by atoms with Crippen molar-refractivity contribution in [2.45, 2.75) is 0 Å². The van der Waals surface area contributed by atoms with Crippen LogP contribution in [-0.4, -0.2) is 32.9 Å². The molecule has 8 heterocycles. The number of nitrogens with zero attached hydrogens (tertiary/aromatic N) is 7. The zero-order valence-corrected chi connectivity index (χ0v) is 38.8. The maximum absolute atomic E-state index is 5.40. The van der Waals surface area contributed by atoms with Crippen molar-refractivity contribution < 1.29 is 0 Å². The summed E-state index contributed by atoms with van der Waals surface area (Å²) in [5, 5.41) is 2.50. The molecule has 4 aliphatic rings. The molecule has 16 rings (SSSR count). The van der Waals surface area contributed by atoms with Gasteiger partial charge >= 0.3 is 0 Å². The van der Waals surface area contributed by atoms with Gasteiger partial charge in [0.1, 0.15) is 17.5 Å². The highest BCUT2D eigenvalue weighted by Gasteiger charge is 2.49. The summed E-state index contributed by atoms with van der Waals surface area (Å²) in [6.07, 6.45) is 5.90. The Morgan fingerprint density at radius 3 is 1.57 bits per heavy atom. The van der Waals surface area contributed by atoms with Crippen LogP contribution in [0, 0.1) is 0 Å². The van der Waals surface area contributed by atoms with Gasteiger partial charge in [-0.05, 0) is 98.5 Å². The van der Waals surface area contributed by atoms with Crippen LogP contribution in [0.2, 0.25) is 0 Å². The lowest BCUT2D eigenvalue weighted by Crippen LogP contribution is -2.65. The Labute approximate surface area is 416 Å². The SMILES string of the molecule is c1ccc(-c2cccc(-c3ccccc3)c2N2c3cc4c(cc3B3c5cccnc5N(c5ccccc5)c5nccc2c53)B2c3c(ccnc3N4c3ccccc3)-n3c4ccccc4c4cccc2c43)cc1. The first-order chi connectivity index (χ1) is 35.8. The lowest BCUT2D eigenvalue weighted by atomic mass is 9.31. The lowest BCUT2D eigenvalue weighted by Gasteiger charge is -2.45. The summed E-state index contributed by atoms with van der Waals surface area (Å²) in [5.74, 6) is 2.69. The second kappa shape index (κ2) is 15.0. The molecule has 7 nitrogen and oxygen atoms in total. The number of pyridine rings is 3. The molecule has 0 amide bonds. The summed E-state index contributed by atoms with van der Waals surface area (Å²) in [5.41, 5.74) is 21.7. The Balaban J connectivity index is 1.07. The number of hydrogen-bond donors (Lipinski definition) is 0. The molecule has 0 unspecified atom stereocenters. The zero-order valence-electron chi connectivity index (χ0n) is 38.8. The maximum Gasteiger partial charge on any atom is 0.256 e. The summed E-state index contributed by atoms with van der Waals surface area (Å²) in [6, 6.07) is 79.4. The standard InChI is InChI=1S/C63H39B2N7/c1-5-18-40(19-6-1)44-27-15-28-45(41-20-7-2-8-21-41)59(44)72-54-34-37-68-63-58(54)65(49-31-17-35-66-61(49)70(63)43-24-11-4-12-25-43)51-38-50-55(39-56(51)72)69(42-22-9-3-10-23-42)62-57-53(33-36-67-62)71-52-32-14-13-26-46(52)47-29-16-30-48(60(47)71)64(50)57/h1-39H. The molecule has 72 heavy (non-hydrogen) atoms. The van der Waals surface area contributed by atoms with Crippen molar-refractivity contribution in [3.63, 3.8) is 0 Å². The predicted octanol–water partition coefficient (Wildman–Crippen LogP) is 11.0. The molecule has 0 aliphatic carbocycles. The van der Waals surface area contributed by atoms with Crippen molar-refractivity contribution in [3.8, 4) is 27.9 Å². The third-order valence-corrected chi connectivity index (χ3v) is 15.5. The Morgan fingerprint density at radius 2 is 0.861 bits per heavy atom. The predicted molar refractivity (Wildman–Crippen MR) is 298 cm³/mol. The summed E-state index contributed by atoms with van der Waals surface area (Å²) in [6.45, 7) is -0.333. The average Bonchev–Trinajstić information content (AvgIpc) is 3.79. The van der Waals surface area contributed by atoms with Gasteiger partial charge in [0.2, 0.25) is 0 Å². The number of anilines is 9. The van der Waals surface area contributed by atoms with Gasteiger partial charge in [-0.2, -0.15) is 0 Å². The molecule has 12 aromatic rings. The topological polar surface area (TPSA) is 53.3 Å². The highest BCUT2D eigenvalue weighted by Crippen LogP contribution is 2.51. The number of fused-ring (bicyclic) bond motifs is 11. The fourth-order valence-corrected chi connectivity index (χ4v) is 12.7. The monoisotopic (exact) mass is 915 g/mol. The van der Waals surface area contributed by atoms with Gasteiger partial charge in [-0.15, -0.1) is 0 Å². The van der Waals surface area contributed by atoms with Crippen LogP contribution in [0.3, 0.4) is 0 Å². The molecule has 0 saturated carbocycles. The number of hydrogen-bond acceptors (Lipinski definition) is 6. The molecule has 332 valence electrons. The van der Waals surface area contributed by atoms with Gasteiger partial charge in [0.25, 0.3) is 13.4 Å². The maximum atomic E-state index is 5.40. The minimum atomic E-state index is -0.209. The van der Waals surface area contributed by atoms with Gasteiger partial charge in [-0.1, -0.05) is 164 Å². The van der Waals surface area contributed by atoms with E-state index in [1.165, 1.54) is 43.7 Å². The second-order valence-electron chi connectivity index (χ2n) is 19.1. The fourth-order valence-electron chi connectivity index (χ4n) is 12.7. The fraction of sp³-hybridized carbons (Fsp3) is 0. The van der Waals surface area contributed by atoms with E-state index in [4.69, 9.17) is 15.0 Å². The smallest absolute Gasteiger partial charge is 0.256 e. The molecule has 0 atom stereocenters. The molecule has 0 spiro atoms. The molecule has 4 aliphatic heterocycles. The molecular formula is C63H39B2N7. The minimum Gasteiger partial charge on any atom is -0.310 e. The van der Waals surface area contributed by atoms with Crippen molar-refractivity contribution in [1.29, 1.82) is 0 Å². The minimum absolute atomic E-state index is 0.123. The van der Waals surface area contributed by atoms with E-state index in [-0.39, 0.29) is 13.4 Å². The van der Waals surface area contributed by atoms with E-state index in [2.05, 4.69) is 238 Å². The third-order valence-electron chi connectivity index (χ3n) is 15.5. The summed E-state index contributed by atoms with van der Waals surface area (Å²) in [7, 11) is 0. The van der Waals surface area contributed by atoms with Gasteiger partial charge in [-0.25, -0.2) is 15.0 Å². The van der Waals surface area contributed by atoms with E-state index >= 15 is 0 Å². The van der Waals surface area contributed by atoms with Crippen LogP contribution >= 0.6 is 0 Å². The first-order valence-corrected chi connectivity index (χ1v) is 24.7. The number of rotatable bonds is 5. The van der Waals surface area contributed by atoms with E-state index in [0.29, 0.717) is 0 Å². The third kappa shape index (κ3) is 5.34. The van der Waals surface area contributed by atoms with Crippen LogP contribution in [0.15, 0.2) is 237 Å². The van der Waals surface area contributed by atoms with Gasteiger partial charge < -0.3 is 9.47 Å². The molecular weight excluding hydrogens is 876 g/mol. The first kappa shape index (κ1) is 39.4. The van der Waals surface area contributed by atoms with Crippen LogP contribution in [0.4, 0.5) is 51.6 Å². The van der Waals surface area contributed by atoms with Crippen molar-refractivity contribution in [2.24, 2.45) is 0 Å². The summed E-state index contributed by atoms with van der Waals surface area (Å²) >= 11 is 0. The zero-order chi connectivity index (χ0) is 47.0. The quantitative estimate of drug-likeness (QED) is 0.160. The largest absolute Gasteiger partial charge is 0.310 e. The average molecular weight is 916 g/mol. The van der Waals surface area contributed by atoms with Gasteiger partial charge in [-0.3, -0.25) is 9.80 Å². The Hall–Kier alpha value is -9.46. The van der Waals surface area contributed by atoms with E-state index in [1.807, 2.05) is 18.6 Å². The molecule has 0 bridgehead atoms. The Morgan fingerprint density at radius 1 is 0.333 bits per heavy atom. The number of para-hydroxylation sites is 5. The highest BCUT2D eigenvalue weighted by molar-refractivity contribution is 7.03. The Bertz CT molecular complexity index is 4150. The van der Waals surface area contributed by atoms with Gasteiger partial charge in [0.05, 0.1) is 11.2 Å². The van der Waals surface area contributed by atoms with Crippen LogP contribution in [0.1, 0.15) is 0 Å². The summed E-state index contributed by atoms with van der Waals surface area (Å²) in [4.78, 5) is 23.2. The second-order valence-corrected chi connectivity index (χ2v) is 19.1. The van der Waals surface area contributed by atoms with Gasteiger partial charge in [0, 0.05) is 80.1 Å². The molecule has 0 radical (unpaired) electrons. The Kier molecular flexibility index (Phi) is 8.22. The lowest BCUT2D eigenvalue weighted by molar-refractivity contribution is 1.12.